The summed E-state index contributed by atoms with van der Waals surface area (Å²) in [6.07, 6.45) is 2.41. The molecular weight excluding hydrogens is 200 g/mol. The fourth-order valence-electron chi connectivity index (χ4n) is 3.12. The third-order valence-electron chi connectivity index (χ3n) is 4.37. The molecule has 2 atom stereocenters. The maximum atomic E-state index is 9.86. The molecule has 0 spiro atoms. The second kappa shape index (κ2) is 4.63. The van der Waals surface area contributed by atoms with Crippen molar-refractivity contribution in [2.75, 3.05) is 26.2 Å². The lowest BCUT2D eigenvalue weighted by Crippen LogP contribution is -2.48. The van der Waals surface area contributed by atoms with Crippen molar-refractivity contribution in [3.05, 3.63) is 0 Å². The van der Waals surface area contributed by atoms with Crippen molar-refractivity contribution in [1.82, 2.24) is 10.2 Å². The minimum absolute atomic E-state index is 0.161. The highest BCUT2D eigenvalue weighted by molar-refractivity contribution is 4.91. The first-order chi connectivity index (χ1) is 7.48. The molecule has 0 saturated carbocycles. The zero-order chi connectivity index (χ0) is 11.8. The zero-order valence-electron chi connectivity index (χ0n) is 10.9. The van der Waals surface area contributed by atoms with Crippen molar-refractivity contribution < 1.29 is 5.11 Å². The molecule has 0 aliphatic carbocycles. The molecule has 2 fully saturated rings. The maximum absolute atomic E-state index is 9.86. The number of aliphatic hydroxyl groups excluding tert-OH is 1. The van der Waals surface area contributed by atoms with Gasteiger partial charge >= 0.3 is 0 Å². The first-order valence-corrected chi connectivity index (χ1v) is 6.61. The van der Waals surface area contributed by atoms with Gasteiger partial charge < -0.3 is 10.4 Å². The van der Waals surface area contributed by atoms with E-state index in [-0.39, 0.29) is 6.10 Å². The molecule has 94 valence electrons. The van der Waals surface area contributed by atoms with Gasteiger partial charge in [0.15, 0.2) is 0 Å². The van der Waals surface area contributed by atoms with Crippen molar-refractivity contribution in [2.45, 2.75) is 45.8 Å². The summed E-state index contributed by atoms with van der Waals surface area (Å²) in [5.74, 6) is 0.843. The van der Waals surface area contributed by atoms with Gasteiger partial charge in [-0.05, 0) is 37.3 Å². The molecule has 2 rings (SSSR count). The van der Waals surface area contributed by atoms with E-state index in [2.05, 4.69) is 31.0 Å². The van der Waals surface area contributed by atoms with E-state index in [4.69, 9.17) is 0 Å². The Hall–Kier alpha value is -0.120. The van der Waals surface area contributed by atoms with Crippen molar-refractivity contribution in [3.8, 4) is 0 Å². The number of hydrogen-bond acceptors (Lipinski definition) is 3. The van der Waals surface area contributed by atoms with Crippen LogP contribution < -0.4 is 5.32 Å². The van der Waals surface area contributed by atoms with E-state index in [0.717, 1.165) is 32.1 Å². The molecule has 2 aliphatic heterocycles. The number of likely N-dealkylation sites (tertiary alicyclic amines) is 1. The van der Waals surface area contributed by atoms with E-state index < -0.39 is 0 Å². The van der Waals surface area contributed by atoms with Crippen LogP contribution in [0.5, 0.6) is 0 Å². The van der Waals surface area contributed by atoms with Gasteiger partial charge in [-0.2, -0.15) is 0 Å². The minimum Gasteiger partial charge on any atom is -0.390 e. The third kappa shape index (κ3) is 2.58. The first kappa shape index (κ1) is 12.3. The van der Waals surface area contributed by atoms with Crippen LogP contribution in [0.2, 0.25) is 0 Å². The summed E-state index contributed by atoms with van der Waals surface area (Å²) >= 11 is 0. The van der Waals surface area contributed by atoms with Gasteiger partial charge in [-0.15, -0.1) is 0 Å². The summed E-state index contributed by atoms with van der Waals surface area (Å²) in [7, 11) is 0. The van der Waals surface area contributed by atoms with Gasteiger partial charge in [0, 0.05) is 19.1 Å². The quantitative estimate of drug-likeness (QED) is 0.702. The van der Waals surface area contributed by atoms with Crippen molar-refractivity contribution >= 4 is 0 Å². The molecule has 2 unspecified atom stereocenters. The smallest absolute Gasteiger partial charge is 0.0831 e. The maximum Gasteiger partial charge on any atom is 0.0831 e. The molecule has 0 aromatic carbocycles. The van der Waals surface area contributed by atoms with Gasteiger partial charge in [0.05, 0.1) is 6.10 Å². The van der Waals surface area contributed by atoms with Crippen LogP contribution in [0.1, 0.15) is 33.6 Å². The Kier molecular flexibility index (Phi) is 3.57. The van der Waals surface area contributed by atoms with E-state index in [1.165, 1.54) is 12.8 Å². The monoisotopic (exact) mass is 226 g/mol. The molecule has 2 heterocycles. The molecule has 0 aromatic rings. The molecule has 0 radical (unpaired) electrons. The Morgan fingerprint density at radius 1 is 1.12 bits per heavy atom. The molecule has 0 aromatic heterocycles. The third-order valence-corrected chi connectivity index (χ3v) is 4.37. The summed E-state index contributed by atoms with van der Waals surface area (Å²) in [5, 5.41) is 13.1. The van der Waals surface area contributed by atoms with E-state index in [9.17, 15) is 5.11 Å². The number of nitrogens with zero attached hydrogens (tertiary/aromatic N) is 1. The van der Waals surface area contributed by atoms with Crippen LogP contribution in [0, 0.1) is 11.3 Å². The highest BCUT2D eigenvalue weighted by Crippen LogP contribution is 2.35. The lowest BCUT2D eigenvalue weighted by atomic mass is 9.75. The van der Waals surface area contributed by atoms with Gasteiger partial charge in [-0.3, -0.25) is 4.90 Å². The summed E-state index contributed by atoms with van der Waals surface area (Å²) in [4.78, 5) is 2.48. The Morgan fingerprint density at radius 3 is 2.19 bits per heavy atom. The standard InChI is InChI=1S/C13H26N2O/c1-13(2,3)10-4-6-15(7-5-10)11-8-14-9-12(11)16/h10-12,14,16H,4-9H2,1-3H3. The summed E-state index contributed by atoms with van der Waals surface area (Å²) in [6.45, 7) is 11.1. The Bertz CT molecular complexity index is 229. The number of piperidine rings is 1. The Morgan fingerprint density at radius 2 is 1.75 bits per heavy atom. The number of nitrogens with one attached hydrogen (secondary N) is 1. The van der Waals surface area contributed by atoms with Gasteiger partial charge in [-0.1, -0.05) is 20.8 Å². The Balaban J connectivity index is 1.85. The van der Waals surface area contributed by atoms with Crippen LogP contribution in [0.3, 0.4) is 0 Å². The second-order valence-electron chi connectivity index (χ2n) is 6.47. The fraction of sp³-hybridized carbons (Fsp3) is 1.00. The predicted octanol–water partition coefficient (Wildman–Crippen LogP) is 1.08. The topological polar surface area (TPSA) is 35.5 Å². The molecule has 0 amide bonds. The van der Waals surface area contributed by atoms with Crippen molar-refractivity contribution in [2.24, 2.45) is 11.3 Å². The van der Waals surface area contributed by atoms with E-state index in [1.54, 1.807) is 0 Å². The molecular formula is C13H26N2O. The van der Waals surface area contributed by atoms with Gasteiger partial charge in [0.25, 0.3) is 0 Å². The van der Waals surface area contributed by atoms with Crippen molar-refractivity contribution in [1.29, 1.82) is 0 Å². The van der Waals surface area contributed by atoms with Crippen LogP contribution in [0.25, 0.3) is 0 Å². The van der Waals surface area contributed by atoms with E-state index in [0.29, 0.717) is 11.5 Å². The first-order valence-electron chi connectivity index (χ1n) is 6.61. The molecule has 2 aliphatic rings. The number of hydrogen-bond donors (Lipinski definition) is 2. The molecule has 0 bridgehead atoms. The predicted molar refractivity (Wildman–Crippen MR) is 66.4 cm³/mol. The minimum atomic E-state index is -0.161. The normalized spacial score (nSPS) is 34.5. The number of β-amino-alcohol motifs (C(OH)–C–C–N with tert-alkyl or cyclic N) is 1. The van der Waals surface area contributed by atoms with Crippen LogP contribution in [-0.4, -0.2) is 48.3 Å². The van der Waals surface area contributed by atoms with Crippen LogP contribution in [0.4, 0.5) is 0 Å². The summed E-state index contributed by atoms with van der Waals surface area (Å²) in [6, 6.07) is 0.362. The van der Waals surface area contributed by atoms with Gasteiger partial charge in [-0.25, -0.2) is 0 Å². The van der Waals surface area contributed by atoms with Crippen LogP contribution in [-0.2, 0) is 0 Å². The molecule has 3 nitrogen and oxygen atoms in total. The summed E-state index contributed by atoms with van der Waals surface area (Å²) in [5.41, 5.74) is 0.443. The van der Waals surface area contributed by atoms with Crippen LogP contribution >= 0.6 is 0 Å². The van der Waals surface area contributed by atoms with Gasteiger partial charge in [0.2, 0.25) is 0 Å². The average Bonchev–Trinajstić information content (AvgIpc) is 2.63. The largest absolute Gasteiger partial charge is 0.390 e. The molecule has 2 N–H and O–H groups in total. The highest BCUT2D eigenvalue weighted by atomic mass is 16.3. The lowest BCUT2D eigenvalue weighted by Gasteiger charge is -2.41. The van der Waals surface area contributed by atoms with E-state index >= 15 is 0 Å². The molecule has 3 heteroatoms. The summed E-state index contributed by atoms with van der Waals surface area (Å²) < 4.78 is 0. The van der Waals surface area contributed by atoms with E-state index in [1.807, 2.05) is 0 Å². The Labute approximate surface area is 99.2 Å². The lowest BCUT2D eigenvalue weighted by molar-refractivity contribution is 0.0390. The number of rotatable bonds is 1. The number of aliphatic hydroxyl groups is 1. The fourth-order valence-corrected chi connectivity index (χ4v) is 3.12. The second-order valence-corrected chi connectivity index (χ2v) is 6.47. The highest BCUT2D eigenvalue weighted by Gasteiger charge is 2.35. The van der Waals surface area contributed by atoms with Gasteiger partial charge in [0.1, 0.15) is 0 Å². The average molecular weight is 226 g/mol. The SMILES string of the molecule is CC(C)(C)C1CCN(C2CNCC2O)CC1. The molecule has 16 heavy (non-hydrogen) atoms. The van der Waals surface area contributed by atoms with Crippen LogP contribution in [0.15, 0.2) is 0 Å². The van der Waals surface area contributed by atoms with Crippen molar-refractivity contribution in [3.63, 3.8) is 0 Å². The molecule has 2 saturated heterocycles. The zero-order valence-corrected chi connectivity index (χ0v) is 10.9.